The number of hydrogen-bond acceptors (Lipinski definition) is 5. The Hall–Kier alpha value is -2.37. The van der Waals surface area contributed by atoms with Crippen LogP contribution in [0, 0.1) is 0 Å². The molecule has 6 nitrogen and oxygen atoms in total. The third-order valence-corrected chi connectivity index (χ3v) is 3.28. The van der Waals surface area contributed by atoms with Gasteiger partial charge in [0.05, 0.1) is 19.6 Å². The zero-order valence-electron chi connectivity index (χ0n) is 12.0. The third kappa shape index (κ3) is 2.37. The van der Waals surface area contributed by atoms with Gasteiger partial charge in [-0.05, 0) is 26.0 Å². The molecule has 0 radical (unpaired) electrons. The highest BCUT2D eigenvalue weighted by atomic mass is 16.6. The molecule has 1 aliphatic rings. The van der Waals surface area contributed by atoms with Crippen molar-refractivity contribution >= 4 is 23.5 Å². The van der Waals surface area contributed by atoms with E-state index >= 15 is 0 Å². The van der Waals surface area contributed by atoms with E-state index in [9.17, 15) is 14.4 Å². The number of hydrogen-bond donors (Lipinski definition) is 0. The fraction of sp³-hybridized carbons (Fsp3) is 0.400. The summed E-state index contributed by atoms with van der Waals surface area (Å²) in [7, 11) is 0. The van der Waals surface area contributed by atoms with E-state index in [1.807, 2.05) is 0 Å². The molecule has 0 N–H and O–H groups in total. The maximum Gasteiger partial charge on any atom is 0.344 e. The predicted octanol–water partition coefficient (Wildman–Crippen LogP) is 1.29. The van der Waals surface area contributed by atoms with Crippen molar-refractivity contribution in [3.05, 3.63) is 30.3 Å². The average Bonchev–Trinajstić information content (AvgIpc) is 2.45. The molecule has 0 atom stereocenters. The molecule has 0 unspecified atom stereocenters. The Morgan fingerprint density at radius 1 is 1.10 bits per heavy atom. The second kappa shape index (κ2) is 5.95. The maximum atomic E-state index is 12.3. The summed E-state index contributed by atoms with van der Waals surface area (Å²) < 4.78 is 9.97. The van der Waals surface area contributed by atoms with Gasteiger partial charge in [-0.25, -0.2) is 9.59 Å². The molecular weight excluding hydrogens is 274 g/mol. The Balaban J connectivity index is 2.43. The van der Waals surface area contributed by atoms with Crippen LogP contribution >= 0.6 is 0 Å². The number of ether oxygens (including phenoxy) is 2. The highest BCUT2D eigenvalue weighted by molar-refractivity contribution is 6.24. The van der Waals surface area contributed by atoms with Crippen molar-refractivity contribution in [1.82, 2.24) is 0 Å². The fourth-order valence-corrected chi connectivity index (χ4v) is 2.35. The van der Waals surface area contributed by atoms with E-state index in [0.29, 0.717) is 5.69 Å². The van der Waals surface area contributed by atoms with Gasteiger partial charge in [0.2, 0.25) is 5.91 Å². The van der Waals surface area contributed by atoms with Gasteiger partial charge in [0.1, 0.15) is 0 Å². The molecular formula is C15H17NO5. The molecule has 1 aliphatic heterocycles. The summed E-state index contributed by atoms with van der Waals surface area (Å²) in [5.41, 5.74) is -1.24. The molecule has 1 aromatic rings. The van der Waals surface area contributed by atoms with Gasteiger partial charge in [-0.1, -0.05) is 18.2 Å². The zero-order chi connectivity index (χ0) is 15.5. The number of nitrogens with zero attached hydrogens (tertiary/aromatic N) is 1. The van der Waals surface area contributed by atoms with Crippen molar-refractivity contribution in [2.75, 3.05) is 18.1 Å². The van der Waals surface area contributed by atoms with Gasteiger partial charge in [0, 0.05) is 5.69 Å². The minimum Gasteiger partial charge on any atom is -0.464 e. The fourth-order valence-electron chi connectivity index (χ4n) is 2.35. The normalized spacial score (nSPS) is 16.1. The molecule has 1 heterocycles. The third-order valence-electron chi connectivity index (χ3n) is 3.28. The first kappa shape index (κ1) is 15.0. The number of rotatable bonds is 5. The van der Waals surface area contributed by atoms with E-state index in [4.69, 9.17) is 9.47 Å². The van der Waals surface area contributed by atoms with Crippen LogP contribution in [0.1, 0.15) is 20.3 Å². The standard InChI is InChI=1S/C15H17NO5/c1-3-20-13(18)15(14(19)21-4-2)10-12(17)16(15)11-8-6-5-7-9-11/h5-9H,3-4,10H2,1-2H3. The molecule has 0 aliphatic carbocycles. The number of anilines is 1. The topological polar surface area (TPSA) is 72.9 Å². The van der Waals surface area contributed by atoms with E-state index in [1.165, 1.54) is 0 Å². The number of amides is 1. The molecule has 0 spiro atoms. The number of carbonyl (C=O) groups is 3. The van der Waals surface area contributed by atoms with Gasteiger partial charge in [-0.2, -0.15) is 0 Å². The molecule has 1 saturated heterocycles. The molecule has 0 saturated carbocycles. The number of para-hydroxylation sites is 1. The second-order valence-electron chi connectivity index (χ2n) is 4.54. The molecule has 1 aromatic carbocycles. The van der Waals surface area contributed by atoms with Crippen molar-refractivity contribution < 1.29 is 23.9 Å². The Labute approximate surface area is 122 Å². The highest BCUT2D eigenvalue weighted by Gasteiger charge is 2.65. The molecule has 0 bridgehead atoms. The maximum absolute atomic E-state index is 12.3. The monoisotopic (exact) mass is 291 g/mol. The lowest BCUT2D eigenvalue weighted by Crippen LogP contribution is -2.73. The summed E-state index contributed by atoms with van der Waals surface area (Å²) in [4.78, 5) is 37.7. The molecule has 21 heavy (non-hydrogen) atoms. The van der Waals surface area contributed by atoms with Crippen LogP contribution in [0.15, 0.2) is 30.3 Å². The van der Waals surface area contributed by atoms with E-state index in [-0.39, 0.29) is 25.5 Å². The van der Waals surface area contributed by atoms with E-state index in [2.05, 4.69) is 0 Å². The average molecular weight is 291 g/mol. The smallest absolute Gasteiger partial charge is 0.344 e. The number of benzene rings is 1. The van der Waals surface area contributed by atoms with Crippen molar-refractivity contribution in [2.24, 2.45) is 0 Å². The number of β-lactam (4-membered cyclic amide) rings is 1. The predicted molar refractivity (Wildman–Crippen MR) is 74.5 cm³/mol. The summed E-state index contributed by atoms with van der Waals surface area (Å²) in [6.45, 7) is 3.53. The van der Waals surface area contributed by atoms with Crippen LogP contribution in [0.25, 0.3) is 0 Å². The van der Waals surface area contributed by atoms with Gasteiger partial charge >= 0.3 is 11.9 Å². The van der Waals surface area contributed by atoms with Crippen molar-refractivity contribution in [2.45, 2.75) is 25.8 Å². The number of esters is 2. The van der Waals surface area contributed by atoms with Crippen LogP contribution in [0.4, 0.5) is 5.69 Å². The van der Waals surface area contributed by atoms with Crippen molar-refractivity contribution in [3.8, 4) is 0 Å². The van der Waals surface area contributed by atoms with Gasteiger partial charge in [0.15, 0.2) is 0 Å². The quantitative estimate of drug-likeness (QED) is 0.464. The van der Waals surface area contributed by atoms with Gasteiger partial charge < -0.3 is 9.47 Å². The van der Waals surface area contributed by atoms with E-state index < -0.39 is 17.5 Å². The lowest BCUT2D eigenvalue weighted by molar-refractivity contribution is -0.171. The first-order valence-corrected chi connectivity index (χ1v) is 6.80. The summed E-state index contributed by atoms with van der Waals surface area (Å²) in [6.07, 6.45) is -0.237. The van der Waals surface area contributed by atoms with Crippen LogP contribution < -0.4 is 4.90 Å². The van der Waals surface area contributed by atoms with E-state index in [1.54, 1.807) is 44.2 Å². The van der Waals surface area contributed by atoms with Gasteiger partial charge in [-0.15, -0.1) is 0 Å². The van der Waals surface area contributed by atoms with Gasteiger partial charge in [0.25, 0.3) is 5.54 Å². The van der Waals surface area contributed by atoms with Crippen LogP contribution in [-0.4, -0.2) is 36.6 Å². The molecule has 6 heteroatoms. The zero-order valence-corrected chi connectivity index (χ0v) is 12.0. The SMILES string of the molecule is CCOC(=O)C1(C(=O)OCC)CC(=O)N1c1ccccc1. The Kier molecular flexibility index (Phi) is 4.26. The summed E-state index contributed by atoms with van der Waals surface area (Å²) in [6, 6.07) is 8.54. The summed E-state index contributed by atoms with van der Waals surface area (Å²) >= 11 is 0. The molecule has 1 amide bonds. The molecule has 2 rings (SSSR count). The Morgan fingerprint density at radius 2 is 1.62 bits per heavy atom. The van der Waals surface area contributed by atoms with Crippen LogP contribution in [0.5, 0.6) is 0 Å². The summed E-state index contributed by atoms with van der Waals surface area (Å²) in [5.74, 6) is -1.83. The van der Waals surface area contributed by atoms with Crippen molar-refractivity contribution in [3.63, 3.8) is 0 Å². The molecule has 1 fully saturated rings. The Bertz CT molecular complexity index is 536. The lowest BCUT2D eigenvalue weighted by atomic mass is 9.82. The Morgan fingerprint density at radius 3 is 2.05 bits per heavy atom. The minimum absolute atomic E-state index is 0.122. The molecule has 0 aromatic heterocycles. The highest BCUT2D eigenvalue weighted by Crippen LogP contribution is 2.39. The largest absolute Gasteiger partial charge is 0.464 e. The van der Waals surface area contributed by atoms with Gasteiger partial charge in [-0.3, -0.25) is 9.69 Å². The van der Waals surface area contributed by atoms with Crippen molar-refractivity contribution in [1.29, 1.82) is 0 Å². The summed E-state index contributed by atoms with van der Waals surface area (Å²) in [5, 5.41) is 0. The second-order valence-corrected chi connectivity index (χ2v) is 4.54. The first-order chi connectivity index (χ1) is 10.1. The number of carbonyl (C=O) groups excluding carboxylic acids is 3. The van der Waals surface area contributed by atoms with Crippen LogP contribution in [-0.2, 0) is 23.9 Å². The van der Waals surface area contributed by atoms with E-state index in [0.717, 1.165) is 4.90 Å². The minimum atomic E-state index is -1.70. The first-order valence-electron chi connectivity index (χ1n) is 6.80. The van der Waals surface area contributed by atoms with Crippen LogP contribution in [0.3, 0.4) is 0 Å². The molecule has 112 valence electrons. The lowest BCUT2D eigenvalue weighted by Gasteiger charge is -2.46. The van der Waals surface area contributed by atoms with Crippen LogP contribution in [0.2, 0.25) is 0 Å².